The topological polar surface area (TPSA) is 15.3 Å². The third-order valence-electron chi connectivity index (χ3n) is 4.48. The molecule has 2 rings (SSSR count). The summed E-state index contributed by atoms with van der Waals surface area (Å²) in [6, 6.07) is 6.54. The molecule has 3 unspecified atom stereocenters. The fourth-order valence-electron chi connectivity index (χ4n) is 3.42. The highest BCUT2D eigenvalue weighted by molar-refractivity contribution is 7.10. The van der Waals surface area contributed by atoms with Gasteiger partial charge in [0.25, 0.3) is 0 Å². The Morgan fingerprint density at radius 1 is 1.35 bits per heavy atom. The zero-order chi connectivity index (χ0) is 14.4. The van der Waals surface area contributed by atoms with E-state index < -0.39 is 0 Å². The van der Waals surface area contributed by atoms with Crippen LogP contribution in [0.5, 0.6) is 0 Å². The Labute approximate surface area is 128 Å². The fraction of sp³-hybridized carbons (Fsp3) is 0.765. The summed E-state index contributed by atoms with van der Waals surface area (Å²) in [5.74, 6) is 0. The van der Waals surface area contributed by atoms with Crippen molar-refractivity contribution in [1.29, 1.82) is 0 Å². The lowest BCUT2D eigenvalue weighted by molar-refractivity contribution is 0.0724. The summed E-state index contributed by atoms with van der Waals surface area (Å²) in [4.78, 5) is 4.36. The highest BCUT2D eigenvalue weighted by atomic mass is 32.1. The molecular formula is C17H30N2S. The van der Waals surface area contributed by atoms with E-state index in [0.717, 1.165) is 6.54 Å². The molecule has 2 nitrogen and oxygen atoms in total. The summed E-state index contributed by atoms with van der Waals surface area (Å²) in [6.07, 6.45) is 6.38. The van der Waals surface area contributed by atoms with E-state index in [1.54, 1.807) is 4.88 Å². The second-order valence-electron chi connectivity index (χ2n) is 5.97. The van der Waals surface area contributed by atoms with Crippen LogP contribution in [0.2, 0.25) is 0 Å². The molecule has 1 aliphatic heterocycles. The lowest BCUT2D eigenvalue weighted by atomic mass is 9.98. The van der Waals surface area contributed by atoms with Crippen LogP contribution in [0.4, 0.5) is 0 Å². The summed E-state index contributed by atoms with van der Waals surface area (Å²) >= 11 is 1.93. The van der Waals surface area contributed by atoms with Crippen molar-refractivity contribution in [2.45, 2.75) is 71.0 Å². The van der Waals surface area contributed by atoms with Gasteiger partial charge >= 0.3 is 0 Å². The minimum atomic E-state index is 0.631. The van der Waals surface area contributed by atoms with E-state index >= 15 is 0 Å². The molecule has 1 N–H and O–H groups in total. The summed E-state index contributed by atoms with van der Waals surface area (Å²) in [7, 11) is 0. The van der Waals surface area contributed by atoms with E-state index in [4.69, 9.17) is 0 Å². The number of hydrogen-bond acceptors (Lipinski definition) is 3. The maximum Gasteiger partial charge on any atom is 0.0445 e. The molecule has 3 atom stereocenters. The Balaban J connectivity index is 2.14. The van der Waals surface area contributed by atoms with E-state index in [2.05, 4.69) is 48.5 Å². The van der Waals surface area contributed by atoms with Gasteiger partial charge in [-0.25, -0.2) is 0 Å². The van der Waals surface area contributed by atoms with Gasteiger partial charge in [0.2, 0.25) is 0 Å². The van der Waals surface area contributed by atoms with E-state index in [-0.39, 0.29) is 0 Å². The van der Waals surface area contributed by atoms with Gasteiger partial charge in [-0.1, -0.05) is 39.7 Å². The van der Waals surface area contributed by atoms with Crippen molar-refractivity contribution in [1.82, 2.24) is 10.2 Å². The third-order valence-corrected chi connectivity index (χ3v) is 5.46. The minimum absolute atomic E-state index is 0.631. The van der Waals surface area contributed by atoms with Crippen LogP contribution in [0, 0.1) is 0 Å². The highest BCUT2D eigenvalue weighted by Gasteiger charge is 2.32. The van der Waals surface area contributed by atoms with Crippen LogP contribution in [-0.4, -0.2) is 30.1 Å². The van der Waals surface area contributed by atoms with Crippen molar-refractivity contribution in [3.8, 4) is 0 Å². The van der Waals surface area contributed by atoms with Crippen LogP contribution < -0.4 is 5.32 Å². The van der Waals surface area contributed by atoms with Crippen molar-refractivity contribution >= 4 is 11.3 Å². The van der Waals surface area contributed by atoms with E-state index in [0.29, 0.717) is 18.1 Å². The molecule has 1 saturated heterocycles. The van der Waals surface area contributed by atoms with Crippen LogP contribution in [0.15, 0.2) is 17.5 Å². The van der Waals surface area contributed by atoms with Gasteiger partial charge in [0.15, 0.2) is 0 Å². The molecule has 0 saturated carbocycles. The van der Waals surface area contributed by atoms with Gasteiger partial charge in [-0.05, 0) is 30.7 Å². The van der Waals surface area contributed by atoms with Crippen LogP contribution in [0.25, 0.3) is 0 Å². The first-order chi connectivity index (χ1) is 9.80. The molecule has 0 bridgehead atoms. The molecule has 0 aliphatic carbocycles. The van der Waals surface area contributed by atoms with Crippen molar-refractivity contribution in [2.24, 2.45) is 0 Å². The van der Waals surface area contributed by atoms with Gasteiger partial charge in [-0.15, -0.1) is 11.3 Å². The van der Waals surface area contributed by atoms with Gasteiger partial charge in [0, 0.05) is 36.1 Å². The van der Waals surface area contributed by atoms with E-state index in [9.17, 15) is 0 Å². The first-order valence-corrected chi connectivity index (χ1v) is 9.20. The highest BCUT2D eigenvalue weighted by Crippen LogP contribution is 2.33. The van der Waals surface area contributed by atoms with Crippen LogP contribution in [-0.2, 0) is 0 Å². The summed E-state index contributed by atoms with van der Waals surface area (Å²) in [5, 5.41) is 5.98. The summed E-state index contributed by atoms with van der Waals surface area (Å²) < 4.78 is 0. The molecular weight excluding hydrogens is 264 g/mol. The lowest BCUT2D eigenvalue weighted by Gasteiger charge is -2.44. The number of nitrogens with one attached hydrogen (secondary N) is 1. The maximum absolute atomic E-state index is 3.76. The fourth-order valence-corrected chi connectivity index (χ4v) is 4.30. The first-order valence-electron chi connectivity index (χ1n) is 8.32. The molecule has 0 amide bonds. The molecule has 114 valence electrons. The normalized spacial score (nSPS) is 25.8. The monoisotopic (exact) mass is 294 g/mol. The summed E-state index contributed by atoms with van der Waals surface area (Å²) in [6.45, 7) is 9.31. The molecule has 3 heteroatoms. The Bertz CT molecular complexity index is 363. The van der Waals surface area contributed by atoms with E-state index in [1.807, 2.05) is 11.3 Å². The van der Waals surface area contributed by atoms with Crippen LogP contribution >= 0.6 is 11.3 Å². The smallest absolute Gasteiger partial charge is 0.0445 e. The number of rotatable bonds is 7. The molecule has 2 heterocycles. The van der Waals surface area contributed by atoms with Gasteiger partial charge in [0.05, 0.1) is 0 Å². The molecule has 1 aromatic heterocycles. The molecule has 1 aromatic rings. The molecule has 0 aromatic carbocycles. The molecule has 0 radical (unpaired) electrons. The van der Waals surface area contributed by atoms with Crippen LogP contribution in [0.3, 0.4) is 0 Å². The Hall–Kier alpha value is -0.380. The number of nitrogens with zero attached hydrogens (tertiary/aromatic N) is 1. The maximum atomic E-state index is 3.76. The van der Waals surface area contributed by atoms with Gasteiger partial charge in [-0.2, -0.15) is 0 Å². The predicted molar refractivity (Wildman–Crippen MR) is 89.5 cm³/mol. The largest absolute Gasteiger partial charge is 0.311 e. The molecule has 20 heavy (non-hydrogen) atoms. The third kappa shape index (κ3) is 3.84. The molecule has 0 spiro atoms. The van der Waals surface area contributed by atoms with Crippen LogP contribution in [0.1, 0.15) is 63.8 Å². The Kier molecular flexibility index (Phi) is 6.53. The van der Waals surface area contributed by atoms with Crippen molar-refractivity contribution in [3.05, 3.63) is 22.4 Å². The second-order valence-corrected chi connectivity index (χ2v) is 6.95. The SMILES string of the molecule is CCCC1CN(C(CCC)c2cccs2)C(CC)CN1. The van der Waals surface area contributed by atoms with Gasteiger partial charge < -0.3 is 5.32 Å². The number of thiophene rings is 1. The van der Waals surface area contributed by atoms with Crippen molar-refractivity contribution < 1.29 is 0 Å². The van der Waals surface area contributed by atoms with Crippen molar-refractivity contribution in [3.63, 3.8) is 0 Å². The average molecular weight is 295 g/mol. The zero-order valence-corrected chi connectivity index (χ0v) is 14.1. The number of hydrogen-bond donors (Lipinski definition) is 1. The Morgan fingerprint density at radius 3 is 2.80 bits per heavy atom. The first kappa shape index (κ1) is 16.0. The lowest BCUT2D eigenvalue weighted by Crippen LogP contribution is -2.57. The molecule has 1 aliphatic rings. The zero-order valence-electron chi connectivity index (χ0n) is 13.3. The Morgan fingerprint density at radius 2 is 2.20 bits per heavy atom. The summed E-state index contributed by atoms with van der Waals surface area (Å²) in [5.41, 5.74) is 0. The standard InChI is InChI=1S/C17H30N2S/c1-4-8-14-13-19(15(6-3)12-18-14)16(9-5-2)17-10-7-11-20-17/h7,10-11,14-16,18H,4-6,8-9,12-13H2,1-3H3. The van der Waals surface area contributed by atoms with Gasteiger partial charge in [-0.3, -0.25) is 4.90 Å². The quantitative estimate of drug-likeness (QED) is 0.799. The molecule has 1 fully saturated rings. The predicted octanol–water partition coefficient (Wildman–Crippen LogP) is 4.44. The van der Waals surface area contributed by atoms with Gasteiger partial charge in [0.1, 0.15) is 0 Å². The average Bonchev–Trinajstić information content (AvgIpc) is 2.99. The van der Waals surface area contributed by atoms with Crippen molar-refractivity contribution in [2.75, 3.05) is 13.1 Å². The second kappa shape index (κ2) is 8.16. The van der Waals surface area contributed by atoms with E-state index in [1.165, 1.54) is 38.6 Å². The minimum Gasteiger partial charge on any atom is -0.311 e. The number of piperazine rings is 1.